The molecule has 9 heteroatoms. The summed E-state index contributed by atoms with van der Waals surface area (Å²) in [5, 5.41) is 15.9. The highest BCUT2D eigenvalue weighted by atomic mass is 31.1. The first-order chi connectivity index (χ1) is 15.7. The van der Waals surface area contributed by atoms with Gasteiger partial charge in [-0.1, -0.05) is 63.4 Å². The zero-order valence-electron chi connectivity index (χ0n) is 19.7. The van der Waals surface area contributed by atoms with Crippen molar-refractivity contribution in [1.29, 1.82) is 0 Å². The van der Waals surface area contributed by atoms with E-state index in [9.17, 15) is 24.2 Å². The first-order valence-electron chi connectivity index (χ1n) is 12.0. The maximum absolute atomic E-state index is 12.7. The van der Waals surface area contributed by atoms with Crippen LogP contribution in [0.3, 0.4) is 0 Å². The van der Waals surface area contributed by atoms with Gasteiger partial charge in [-0.3, -0.25) is 14.2 Å². The molecule has 2 amide bonds. The van der Waals surface area contributed by atoms with E-state index >= 15 is 0 Å². The predicted molar refractivity (Wildman–Crippen MR) is 130 cm³/mol. The van der Waals surface area contributed by atoms with Crippen LogP contribution in [0.2, 0.25) is 0 Å². The molecule has 5 atom stereocenters. The van der Waals surface area contributed by atoms with Crippen molar-refractivity contribution in [2.24, 2.45) is 17.6 Å². The molecule has 0 saturated heterocycles. The Balaban J connectivity index is 1.86. The fourth-order valence-corrected chi connectivity index (χ4v) is 5.70. The Hall–Kier alpha value is -1.73. The summed E-state index contributed by atoms with van der Waals surface area (Å²) in [6, 6.07) is 7.85. The van der Waals surface area contributed by atoms with Crippen LogP contribution in [-0.2, 0) is 20.6 Å². The maximum Gasteiger partial charge on any atom is 0.242 e. The smallest absolute Gasteiger partial charge is 0.242 e. The molecule has 0 heterocycles. The van der Waals surface area contributed by atoms with Gasteiger partial charge in [0.25, 0.3) is 0 Å². The Morgan fingerprint density at radius 2 is 1.76 bits per heavy atom. The van der Waals surface area contributed by atoms with Gasteiger partial charge in [0.1, 0.15) is 6.04 Å². The molecule has 6 N–H and O–H groups in total. The second-order valence-corrected chi connectivity index (χ2v) is 10.9. The first-order valence-corrected chi connectivity index (χ1v) is 13.4. The molecule has 186 valence electrons. The van der Waals surface area contributed by atoms with E-state index in [4.69, 9.17) is 5.73 Å². The van der Waals surface area contributed by atoms with E-state index in [1.807, 2.05) is 44.2 Å². The molecule has 1 saturated carbocycles. The number of carbonyl (C=O) groups is 2. The van der Waals surface area contributed by atoms with E-state index in [2.05, 4.69) is 10.6 Å². The Bertz CT molecular complexity index is 771. The number of aliphatic hydroxyl groups is 1. The number of benzene rings is 1. The predicted octanol–water partition coefficient (Wildman–Crippen LogP) is 1.98. The van der Waals surface area contributed by atoms with Crippen molar-refractivity contribution in [2.75, 3.05) is 6.54 Å². The lowest BCUT2D eigenvalue weighted by Crippen LogP contribution is -2.55. The topological polar surface area (TPSA) is 142 Å². The van der Waals surface area contributed by atoms with Crippen LogP contribution in [0.25, 0.3) is 0 Å². The van der Waals surface area contributed by atoms with Gasteiger partial charge in [-0.2, -0.15) is 0 Å². The summed E-state index contributed by atoms with van der Waals surface area (Å²) in [4.78, 5) is 35.1. The van der Waals surface area contributed by atoms with Gasteiger partial charge in [0.05, 0.1) is 12.1 Å². The molecule has 1 aliphatic rings. The number of hydrogen-bond acceptors (Lipinski definition) is 5. The van der Waals surface area contributed by atoms with E-state index in [0.717, 1.165) is 37.7 Å². The average Bonchev–Trinajstić information content (AvgIpc) is 2.80. The third-order valence-corrected chi connectivity index (χ3v) is 7.80. The lowest BCUT2D eigenvalue weighted by Gasteiger charge is -2.30. The number of aliphatic hydroxyl groups excluding tert-OH is 1. The molecule has 0 radical (unpaired) electrons. The molecule has 1 aromatic rings. The zero-order valence-corrected chi connectivity index (χ0v) is 20.7. The van der Waals surface area contributed by atoms with Gasteiger partial charge in [0.2, 0.25) is 11.8 Å². The fourth-order valence-electron chi connectivity index (χ4n) is 4.49. The van der Waals surface area contributed by atoms with Crippen LogP contribution in [0.4, 0.5) is 0 Å². The summed E-state index contributed by atoms with van der Waals surface area (Å²) >= 11 is 0. The van der Waals surface area contributed by atoms with Crippen LogP contribution in [0.15, 0.2) is 30.3 Å². The molecule has 0 aromatic heterocycles. The van der Waals surface area contributed by atoms with Crippen LogP contribution < -0.4 is 16.4 Å². The van der Waals surface area contributed by atoms with Crippen LogP contribution >= 0.6 is 8.03 Å². The van der Waals surface area contributed by atoms with Gasteiger partial charge in [-0.15, -0.1) is 0 Å². The minimum absolute atomic E-state index is 0.0354. The quantitative estimate of drug-likeness (QED) is 0.289. The number of carbonyl (C=O) groups excluding carboxylic acids is 2. The van der Waals surface area contributed by atoms with Crippen LogP contribution in [0.1, 0.15) is 57.9 Å². The highest BCUT2D eigenvalue weighted by Gasteiger charge is 2.31. The van der Waals surface area contributed by atoms with Crippen LogP contribution in [-0.4, -0.2) is 52.2 Å². The SMILES string of the molecule is CC(C)[C@@H](NC(=O)[C@@H](N)Cc1ccccc1)C(=O)NC[C@H](O)CC(C1CCCCC1)[PH](=O)O. The molecule has 2 rings (SSSR count). The van der Waals surface area contributed by atoms with E-state index in [1.165, 1.54) is 0 Å². The third kappa shape index (κ3) is 9.20. The largest absolute Gasteiger partial charge is 0.391 e. The van der Waals surface area contributed by atoms with Gasteiger partial charge in [-0.05, 0) is 43.1 Å². The lowest BCUT2D eigenvalue weighted by atomic mass is 9.85. The standard InChI is InChI=1S/C24H40N3O5P/c1-16(2)22(27-23(29)20(25)13-17-9-5-3-6-10-17)24(30)26-15-19(28)14-21(33(31)32)18-11-7-4-8-12-18/h3,5-6,9-10,16,18-22,28,33H,4,7-8,11-15,25H2,1-2H3,(H,26,30)(H,27,29)(H,31,32)/t19-,20+,21?,22-/m1/s1. The van der Waals surface area contributed by atoms with Crippen molar-refractivity contribution in [3.63, 3.8) is 0 Å². The molecule has 8 nitrogen and oxygen atoms in total. The monoisotopic (exact) mass is 481 g/mol. The van der Waals surface area contributed by atoms with Gasteiger partial charge in [-0.25, -0.2) is 0 Å². The van der Waals surface area contributed by atoms with Gasteiger partial charge in [0.15, 0.2) is 8.03 Å². The highest BCUT2D eigenvalue weighted by molar-refractivity contribution is 7.38. The molecule has 0 bridgehead atoms. The highest BCUT2D eigenvalue weighted by Crippen LogP contribution is 2.40. The first kappa shape index (κ1) is 27.5. The molecular formula is C24H40N3O5P. The van der Waals surface area contributed by atoms with Crippen molar-refractivity contribution < 1.29 is 24.2 Å². The van der Waals surface area contributed by atoms with E-state index in [-0.39, 0.29) is 24.8 Å². The zero-order chi connectivity index (χ0) is 24.4. The van der Waals surface area contributed by atoms with E-state index in [0.29, 0.717) is 6.42 Å². The van der Waals surface area contributed by atoms with Crippen molar-refractivity contribution in [1.82, 2.24) is 10.6 Å². The fraction of sp³-hybridized carbons (Fsp3) is 0.667. The average molecular weight is 482 g/mol. The van der Waals surface area contributed by atoms with Gasteiger partial charge in [0, 0.05) is 12.2 Å². The number of rotatable bonds is 12. The van der Waals surface area contributed by atoms with Crippen molar-refractivity contribution in [3.05, 3.63) is 35.9 Å². The van der Waals surface area contributed by atoms with E-state index < -0.39 is 43.7 Å². The molecule has 0 spiro atoms. The van der Waals surface area contributed by atoms with Crippen molar-refractivity contribution in [2.45, 2.75) is 82.6 Å². The summed E-state index contributed by atoms with van der Waals surface area (Å²) in [7, 11) is -2.78. The Kier molecular flexibility index (Phi) is 11.5. The Morgan fingerprint density at radius 3 is 2.33 bits per heavy atom. The summed E-state index contributed by atoms with van der Waals surface area (Å²) < 4.78 is 11.9. The van der Waals surface area contributed by atoms with Crippen molar-refractivity contribution in [3.8, 4) is 0 Å². The number of hydrogen-bond donors (Lipinski definition) is 5. The third-order valence-electron chi connectivity index (χ3n) is 6.46. The number of nitrogens with two attached hydrogens (primary N) is 1. The summed E-state index contributed by atoms with van der Waals surface area (Å²) in [6.07, 6.45) is 4.67. The molecule has 1 aliphatic carbocycles. The molecule has 33 heavy (non-hydrogen) atoms. The molecule has 0 aliphatic heterocycles. The summed E-state index contributed by atoms with van der Waals surface area (Å²) in [6.45, 7) is 3.60. The van der Waals surface area contributed by atoms with E-state index in [1.54, 1.807) is 0 Å². The molecule has 1 aromatic carbocycles. The molecule has 1 fully saturated rings. The lowest BCUT2D eigenvalue weighted by molar-refractivity contribution is -0.130. The minimum atomic E-state index is -2.78. The summed E-state index contributed by atoms with van der Waals surface area (Å²) in [5.41, 5.74) is 6.54. The summed E-state index contributed by atoms with van der Waals surface area (Å²) in [5.74, 6) is -0.854. The normalized spacial score (nSPS) is 19.3. The van der Waals surface area contributed by atoms with Crippen LogP contribution in [0.5, 0.6) is 0 Å². The number of nitrogens with one attached hydrogen (secondary N) is 2. The maximum atomic E-state index is 12.7. The second kappa shape index (κ2) is 13.9. The molecule has 2 unspecified atom stereocenters. The Labute approximate surface area is 197 Å². The second-order valence-electron chi connectivity index (χ2n) is 9.50. The minimum Gasteiger partial charge on any atom is -0.391 e. The Morgan fingerprint density at radius 1 is 1.12 bits per heavy atom. The van der Waals surface area contributed by atoms with Gasteiger partial charge < -0.3 is 26.4 Å². The molecular weight excluding hydrogens is 441 g/mol. The number of amides is 2. The van der Waals surface area contributed by atoms with Crippen molar-refractivity contribution >= 4 is 19.8 Å². The van der Waals surface area contributed by atoms with Crippen LogP contribution in [0, 0.1) is 11.8 Å². The van der Waals surface area contributed by atoms with Gasteiger partial charge >= 0.3 is 0 Å².